The first-order valence-electron chi connectivity index (χ1n) is 4.56. The molecule has 0 radical (unpaired) electrons. The second-order valence-electron chi connectivity index (χ2n) is 3.08. The average molecular weight is 278 g/mol. The lowest BCUT2D eigenvalue weighted by Gasteiger charge is -2.07. The molecule has 0 fully saturated rings. The van der Waals surface area contributed by atoms with Crippen molar-refractivity contribution in [1.29, 1.82) is 0 Å². The number of carboxylic acids is 1. The van der Waals surface area contributed by atoms with E-state index in [1.54, 1.807) is 18.2 Å². The monoisotopic (exact) mass is 277 g/mol. The molecule has 0 saturated heterocycles. The summed E-state index contributed by atoms with van der Waals surface area (Å²) in [7, 11) is 0. The van der Waals surface area contributed by atoms with Crippen molar-refractivity contribution in [1.82, 2.24) is 5.48 Å². The molecule has 7 heteroatoms. The van der Waals surface area contributed by atoms with E-state index in [1.807, 2.05) is 5.48 Å². The van der Waals surface area contributed by atoms with Gasteiger partial charge >= 0.3 is 5.97 Å². The van der Waals surface area contributed by atoms with Crippen LogP contribution in [-0.4, -0.2) is 23.6 Å². The highest BCUT2D eigenvalue weighted by molar-refractivity contribution is 6.36. The first kappa shape index (κ1) is 13.8. The minimum absolute atomic E-state index is 0.0852. The molecule has 0 aromatic heterocycles. The van der Waals surface area contributed by atoms with Crippen LogP contribution in [0.1, 0.15) is 5.56 Å². The molecule has 1 amide bonds. The largest absolute Gasteiger partial charge is 0.479 e. The SMILES string of the molecule is O=C(O)CONC(=O)Cc1c(Cl)cccc1Cl. The van der Waals surface area contributed by atoms with E-state index in [-0.39, 0.29) is 6.42 Å². The molecule has 17 heavy (non-hydrogen) atoms. The average Bonchev–Trinajstić information content (AvgIpc) is 2.23. The maximum Gasteiger partial charge on any atom is 0.332 e. The Balaban J connectivity index is 2.53. The fraction of sp³-hybridized carbons (Fsp3) is 0.200. The second kappa shape index (κ2) is 6.44. The van der Waals surface area contributed by atoms with Crippen LogP contribution in [0, 0.1) is 0 Å². The van der Waals surface area contributed by atoms with Gasteiger partial charge in [-0.05, 0) is 17.7 Å². The van der Waals surface area contributed by atoms with Gasteiger partial charge in [0.1, 0.15) is 0 Å². The van der Waals surface area contributed by atoms with E-state index >= 15 is 0 Å². The highest BCUT2D eigenvalue weighted by Gasteiger charge is 2.11. The molecule has 1 aromatic carbocycles. The number of carbonyl (C=O) groups excluding carboxylic acids is 1. The highest BCUT2D eigenvalue weighted by Crippen LogP contribution is 2.24. The zero-order valence-corrected chi connectivity index (χ0v) is 10.1. The van der Waals surface area contributed by atoms with Crippen LogP contribution in [0.4, 0.5) is 0 Å². The van der Waals surface area contributed by atoms with Gasteiger partial charge in [0, 0.05) is 10.0 Å². The van der Waals surface area contributed by atoms with Crippen LogP contribution in [0.3, 0.4) is 0 Å². The molecule has 5 nitrogen and oxygen atoms in total. The Bertz CT molecular complexity index is 416. The first-order valence-corrected chi connectivity index (χ1v) is 5.31. The smallest absolute Gasteiger partial charge is 0.332 e. The zero-order chi connectivity index (χ0) is 12.8. The molecule has 92 valence electrons. The molecule has 0 aliphatic rings. The van der Waals surface area contributed by atoms with Crippen molar-refractivity contribution in [3.63, 3.8) is 0 Å². The molecule has 0 aliphatic carbocycles. The normalized spacial score (nSPS) is 10.0. The van der Waals surface area contributed by atoms with E-state index in [9.17, 15) is 9.59 Å². The lowest BCUT2D eigenvalue weighted by atomic mass is 10.1. The Morgan fingerprint density at radius 2 is 1.88 bits per heavy atom. The summed E-state index contributed by atoms with van der Waals surface area (Å²) in [5, 5.41) is 9.02. The molecule has 0 spiro atoms. The van der Waals surface area contributed by atoms with Crippen molar-refractivity contribution < 1.29 is 19.5 Å². The molecule has 1 aromatic rings. The molecule has 1 rings (SSSR count). The quantitative estimate of drug-likeness (QED) is 0.803. The molecule has 2 N–H and O–H groups in total. The van der Waals surface area contributed by atoms with E-state index < -0.39 is 18.5 Å². The van der Waals surface area contributed by atoms with Crippen LogP contribution in [0.25, 0.3) is 0 Å². The van der Waals surface area contributed by atoms with Gasteiger partial charge in [0.2, 0.25) is 5.91 Å². The van der Waals surface area contributed by atoms with Crippen LogP contribution >= 0.6 is 23.2 Å². The van der Waals surface area contributed by atoms with Crippen LogP contribution < -0.4 is 5.48 Å². The summed E-state index contributed by atoms with van der Waals surface area (Å²) in [6.45, 7) is -0.609. The summed E-state index contributed by atoms with van der Waals surface area (Å²) in [6.07, 6.45) is -0.0852. The number of benzene rings is 1. The number of nitrogens with one attached hydrogen (secondary N) is 1. The lowest BCUT2D eigenvalue weighted by molar-refractivity contribution is -0.149. The van der Waals surface area contributed by atoms with Crippen molar-refractivity contribution >= 4 is 35.1 Å². The maximum absolute atomic E-state index is 11.4. The van der Waals surface area contributed by atoms with Gasteiger partial charge in [-0.2, -0.15) is 0 Å². The molecular weight excluding hydrogens is 269 g/mol. The number of hydrogen-bond donors (Lipinski definition) is 2. The van der Waals surface area contributed by atoms with Gasteiger partial charge in [-0.25, -0.2) is 10.3 Å². The van der Waals surface area contributed by atoms with E-state index in [0.717, 1.165) is 0 Å². The fourth-order valence-electron chi connectivity index (χ4n) is 1.08. The van der Waals surface area contributed by atoms with E-state index in [1.165, 1.54) is 0 Å². The minimum Gasteiger partial charge on any atom is -0.479 e. The topological polar surface area (TPSA) is 75.6 Å². The molecule has 0 bridgehead atoms. The summed E-state index contributed by atoms with van der Waals surface area (Å²) in [6, 6.07) is 4.87. The number of amides is 1. The summed E-state index contributed by atoms with van der Waals surface area (Å²) in [4.78, 5) is 25.9. The van der Waals surface area contributed by atoms with E-state index in [0.29, 0.717) is 15.6 Å². The summed E-state index contributed by atoms with van der Waals surface area (Å²) in [5.41, 5.74) is 2.44. The van der Waals surface area contributed by atoms with E-state index in [4.69, 9.17) is 28.3 Å². The Hall–Kier alpha value is -1.30. The number of hydrogen-bond acceptors (Lipinski definition) is 3. The number of rotatable bonds is 5. The van der Waals surface area contributed by atoms with Crippen molar-refractivity contribution in [2.24, 2.45) is 0 Å². The number of carboxylic acid groups (broad SMARTS) is 1. The lowest BCUT2D eigenvalue weighted by Crippen LogP contribution is -2.28. The van der Waals surface area contributed by atoms with Gasteiger partial charge in [0.05, 0.1) is 6.42 Å². The standard InChI is InChI=1S/C10H9Cl2NO4/c11-7-2-1-3-8(12)6(7)4-9(14)13-17-5-10(15)16/h1-3H,4-5H2,(H,13,14)(H,15,16). The third-order valence-electron chi connectivity index (χ3n) is 1.78. The van der Waals surface area contributed by atoms with Crippen LogP contribution in [0.15, 0.2) is 18.2 Å². The minimum atomic E-state index is -1.18. The van der Waals surface area contributed by atoms with Gasteiger partial charge in [-0.1, -0.05) is 29.3 Å². The number of aliphatic carboxylic acids is 1. The molecule has 0 atom stereocenters. The van der Waals surface area contributed by atoms with Crippen molar-refractivity contribution in [3.8, 4) is 0 Å². The Morgan fingerprint density at radius 3 is 2.41 bits per heavy atom. The molecular formula is C10H9Cl2NO4. The van der Waals surface area contributed by atoms with Gasteiger partial charge in [0.15, 0.2) is 6.61 Å². The number of hydroxylamine groups is 1. The molecule has 0 aliphatic heterocycles. The summed E-state index contributed by atoms with van der Waals surface area (Å²) < 4.78 is 0. The fourth-order valence-corrected chi connectivity index (χ4v) is 1.61. The number of carbonyl (C=O) groups is 2. The summed E-state index contributed by atoms with van der Waals surface area (Å²) in [5.74, 6) is -1.71. The van der Waals surface area contributed by atoms with Crippen LogP contribution in [-0.2, 0) is 20.8 Å². The van der Waals surface area contributed by atoms with Crippen molar-refractivity contribution in [2.75, 3.05) is 6.61 Å². The third kappa shape index (κ3) is 4.60. The first-order chi connectivity index (χ1) is 8.00. The van der Waals surface area contributed by atoms with Crippen molar-refractivity contribution in [3.05, 3.63) is 33.8 Å². The van der Waals surface area contributed by atoms with Gasteiger partial charge in [-0.3, -0.25) is 9.63 Å². The molecule has 0 unspecified atom stereocenters. The van der Waals surface area contributed by atoms with Gasteiger partial charge < -0.3 is 5.11 Å². The van der Waals surface area contributed by atoms with Crippen LogP contribution in [0.5, 0.6) is 0 Å². The van der Waals surface area contributed by atoms with Crippen molar-refractivity contribution in [2.45, 2.75) is 6.42 Å². The Labute approximate surface area is 107 Å². The Kier molecular flexibility index (Phi) is 5.21. The maximum atomic E-state index is 11.4. The van der Waals surface area contributed by atoms with E-state index in [2.05, 4.69) is 4.84 Å². The molecule has 0 saturated carbocycles. The predicted octanol–water partition coefficient (Wildman–Crippen LogP) is 1.67. The highest BCUT2D eigenvalue weighted by atomic mass is 35.5. The van der Waals surface area contributed by atoms with Gasteiger partial charge in [-0.15, -0.1) is 0 Å². The van der Waals surface area contributed by atoms with Crippen LogP contribution in [0.2, 0.25) is 10.0 Å². The van der Waals surface area contributed by atoms with Gasteiger partial charge in [0.25, 0.3) is 0 Å². The Morgan fingerprint density at radius 1 is 1.29 bits per heavy atom. The summed E-state index contributed by atoms with van der Waals surface area (Å²) >= 11 is 11.7. The predicted molar refractivity (Wildman–Crippen MR) is 61.9 cm³/mol. The number of halogens is 2. The zero-order valence-electron chi connectivity index (χ0n) is 8.57. The second-order valence-corrected chi connectivity index (χ2v) is 3.90. The molecule has 0 heterocycles. The third-order valence-corrected chi connectivity index (χ3v) is 2.49.